The van der Waals surface area contributed by atoms with Gasteiger partial charge in [0.05, 0.1) is 46.7 Å². The largest absolute Gasteiger partial charge is 0.383 e. The summed E-state index contributed by atoms with van der Waals surface area (Å²) in [5.74, 6) is -0.506. The summed E-state index contributed by atoms with van der Waals surface area (Å²) >= 11 is 6.78. The number of pyridine rings is 2. The highest BCUT2D eigenvalue weighted by molar-refractivity contribution is 6.35. The fourth-order valence-electron chi connectivity index (χ4n) is 5.75. The Hall–Kier alpha value is -4.18. The number of fused-ring (bicyclic) bond motifs is 1. The molecule has 13 heteroatoms. The number of aromatic nitrogens is 2. The number of hydrogen-bond acceptors (Lipinski definition) is 10. The smallest absolute Gasteiger partial charge is 0.250 e. The number of morpholine rings is 1. The lowest BCUT2D eigenvalue weighted by atomic mass is 9.96. The molecule has 4 N–H and O–H groups in total. The first-order valence-electron chi connectivity index (χ1n) is 15.0. The number of carbonyl (C=O) groups excluding carboxylic acids is 1. The SMILES string of the molecule is Cc1nc(F)ccc1[C@H](Nc1cc(Cl)c2ncc(C#N)c(NCC(C)(C)C)c2c1)C1=CN(C2(C(=O)N3CCOCC3)CC2)NN1. The third-order valence-corrected chi connectivity index (χ3v) is 8.62. The lowest BCUT2D eigenvalue weighted by molar-refractivity contribution is -0.142. The van der Waals surface area contributed by atoms with Crippen molar-refractivity contribution in [2.45, 2.75) is 52.1 Å². The molecule has 236 valence electrons. The Morgan fingerprint density at radius 1 is 1.27 bits per heavy atom. The van der Waals surface area contributed by atoms with Gasteiger partial charge in [0.2, 0.25) is 11.9 Å². The second-order valence-electron chi connectivity index (χ2n) is 12.9. The predicted octanol–water partition coefficient (Wildman–Crippen LogP) is 4.77. The van der Waals surface area contributed by atoms with Gasteiger partial charge in [-0.1, -0.05) is 38.4 Å². The van der Waals surface area contributed by atoms with Crippen molar-refractivity contribution in [1.29, 1.82) is 5.26 Å². The number of nitrogens with one attached hydrogen (secondary N) is 4. The summed E-state index contributed by atoms with van der Waals surface area (Å²) in [5, 5.41) is 19.8. The van der Waals surface area contributed by atoms with Crippen molar-refractivity contribution >= 4 is 39.8 Å². The summed E-state index contributed by atoms with van der Waals surface area (Å²) in [6.45, 7) is 10.9. The number of hydrazine groups is 2. The quantitative estimate of drug-likeness (QED) is 0.257. The molecular formula is C32H37ClFN9O2. The van der Waals surface area contributed by atoms with Crippen LogP contribution in [0.25, 0.3) is 10.9 Å². The van der Waals surface area contributed by atoms with Crippen molar-refractivity contribution in [3.63, 3.8) is 0 Å². The van der Waals surface area contributed by atoms with Crippen molar-refractivity contribution in [3.05, 3.63) is 70.2 Å². The molecule has 1 atom stereocenters. The van der Waals surface area contributed by atoms with Gasteiger partial charge in [-0.2, -0.15) is 9.65 Å². The zero-order valence-electron chi connectivity index (χ0n) is 25.8. The monoisotopic (exact) mass is 633 g/mol. The third-order valence-electron chi connectivity index (χ3n) is 8.34. The zero-order chi connectivity index (χ0) is 31.9. The molecule has 3 aliphatic rings. The van der Waals surface area contributed by atoms with Gasteiger partial charge in [0.15, 0.2) is 0 Å². The summed E-state index contributed by atoms with van der Waals surface area (Å²) in [4.78, 5) is 24.0. The second-order valence-corrected chi connectivity index (χ2v) is 13.3. The summed E-state index contributed by atoms with van der Waals surface area (Å²) in [5.41, 5.74) is 9.94. The average molecular weight is 634 g/mol. The van der Waals surface area contributed by atoms with Crippen LogP contribution in [0.5, 0.6) is 0 Å². The number of nitrogens with zero attached hydrogens (tertiary/aromatic N) is 5. The van der Waals surface area contributed by atoms with E-state index < -0.39 is 17.5 Å². The van der Waals surface area contributed by atoms with E-state index in [2.05, 4.69) is 58.4 Å². The van der Waals surface area contributed by atoms with Gasteiger partial charge in [-0.05, 0) is 43.4 Å². The lowest BCUT2D eigenvalue weighted by Crippen LogP contribution is -2.55. The Balaban J connectivity index is 1.37. The van der Waals surface area contributed by atoms with Crippen LogP contribution < -0.4 is 21.6 Å². The Morgan fingerprint density at radius 3 is 2.69 bits per heavy atom. The van der Waals surface area contributed by atoms with Gasteiger partial charge in [-0.25, -0.2) is 4.98 Å². The fourth-order valence-corrected chi connectivity index (χ4v) is 6.02. The van der Waals surface area contributed by atoms with E-state index in [-0.39, 0.29) is 11.3 Å². The average Bonchev–Trinajstić information content (AvgIpc) is 3.67. The first-order chi connectivity index (χ1) is 21.5. The van der Waals surface area contributed by atoms with Gasteiger partial charge in [-0.15, -0.1) is 5.53 Å². The van der Waals surface area contributed by atoms with E-state index in [0.717, 1.165) is 18.4 Å². The maximum Gasteiger partial charge on any atom is 0.250 e. The standard InChI is InChI=1S/C32H37ClFN9O2/c1-19-22(5-6-26(34)38-19)29(25-17-43(41-40-25)32(7-8-32)30(44)42-9-11-45-12-10-42)39-21-13-23-27(37-18-31(2,3)4)20(15-35)16-36-28(23)24(33)14-21/h5-6,13-14,16-17,29,39-41H,7-12,18H2,1-4H3,(H,36,37)/t29-/m0/s1. The van der Waals surface area contributed by atoms with Crippen LogP contribution in [0, 0.1) is 29.6 Å². The Morgan fingerprint density at radius 2 is 2.02 bits per heavy atom. The van der Waals surface area contributed by atoms with E-state index in [4.69, 9.17) is 16.3 Å². The van der Waals surface area contributed by atoms with Crippen LogP contribution in [-0.4, -0.2) is 64.2 Å². The molecule has 1 aromatic carbocycles. The van der Waals surface area contributed by atoms with Crippen molar-refractivity contribution in [2.75, 3.05) is 43.5 Å². The van der Waals surface area contributed by atoms with E-state index in [1.165, 1.54) is 12.3 Å². The fraction of sp³-hybridized carbons (Fsp3) is 0.438. The molecule has 6 rings (SSSR count). The predicted molar refractivity (Wildman–Crippen MR) is 170 cm³/mol. The number of carbonyl (C=O) groups is 1. The van der Waals surface area contributed by atoms with Crippen molar-refractivity contribution in [2.24, 2.45) is 5.41 Å². The molecule has 1 saturated carbocycles. The lowest BCUT2D eigenvalue weighted by Gasteiger charge is -2.34. The zero-order valence-corrected chi connectivity index (χ0v) is 26.6. The van der Waals surface area contributed by atoms with E-state index in [1.807, 2.05) is 22.2 Å². The molecule has 11 nitrogen and oxygen atoms in total. The molecule has 4 heterocycles. The molecule has 2 aliphatic heterocycles. The highest BCUT2D eigenvalue weighted by Crippen LogP contribution is 2.45. The topological polar surface area (TPSA) is 130 Å². The number of aryl methyl sites for hydroxylation is 1. The van der Waals surface area contributed by atoms with Gasteiger partial charge in [0.1, 0.15) is 11.6 Å². The Kier molecular flexibility index (Phi) is 8.20. The minimum absolute atomic E-state index is 0.0399. The van der Waals surface area contributed by atoms with Gasteiger partial charge in [-0.3, -0.25) is 14.8 Å². The van der Waals surface area contributed by atoms with Gasteiger partial charge >= 0.3 is 0 Å². The van der Waals surface area contributed by atoms with Crippen LogP contribution in [0.4, 0.5) is 15.8 Å². The number of nitriles is 1. The number of ether oxygens (including phenoxy) is 1. The van der Waals surface area contributed by atoms with Crippen molar-refractivity contribution in [3.8, 4) is 6.07 Å². The molecule has 2 fully saturated rings. The molecule has 3 aromatic rings. The van der Waals surface area contributed by atoms with Crippen molar-refractivity contribution in [1.82, 2.24) is 30.8 Å². The van der Waals surface area contributed by atoms with E-state index in [9.17, 15) is 14.4 Å². The number of rotatable bonds is 8. The number of benzene rings is 1. The van der Waals surface area contributed by atoms with E-state index in [0.29, 0.717) is 77.1 Å². The van der Waals surface area contributed by atoms with Crippen molar-refractivity contribution < 1.29 is 13.9 Å². The van der Waals surface area contributed by atoms with E-state index >= 15 is 0 Å². The minimum Gasteiger partial charge on any atom is -0.383 e. The van der Waals surface area contributed by atoms with Gasteiger partial charge in [0, 0.05) is 54.4 Å². The van der Waals surface area contributed by atoms with Gasteiger partial charge < -0.3 is 25.7 Å². The molecule has 0 bridgehead atoms. The molecule has 1 aliphatic carbocycles. The normalized spacial score (nSPS) is 18.2. The first-order valence-corrected chi connectivity index (χ1v) is 15.4. The molecule has 0 unspecified atom stereocenters. The molecule has 45 heavy (non-hydrogen) atoms. The van der Waals surface area contributed by atoms with E-state index in [1.54, 1.807) is 19.1 Å². The Bertz CT molecular complexity index is 1710. The molecule has 1 amide bonds. The maximum absolute atomic E-state index is 14.1. The Labute approximate surface area is 266 Å². The van der Waals surface area contributed by atoms with Crippen LogP contribution in [0.2, 0.25) is 5.02 Å². The third kappa shape index (κ3) is 6.20. The van der Waals surface area contributed by atoms with Crippen LogP contribution >= 0.6 is 11.6 Å². The second kappa shape index (κ2) is 12.0. The summed E-state index contributed by atoms with van der Waals surface area (Å²) in [7, 11) is 0. The maximum atomic E-state index is 14.1. The summed E-state index contributed by atoms with van der Waals surface area (Å²) < 4.78 is 19.6. The minimum atomic E-state index is -0.689. The summed E-state index contributed by atoms with van der Waals surface area (Å²) in [6, 6.07) is 8.42. The molecule has 1 saturated heterocycles. The first kappa shape index (κ1) is 30.8. The van der Waals surface area contributed by atoms with Gasteiger partial charge in [0.25, 0.3) is 0 Å². The number of hydrogen-bond donors (Lipinski definition) is 4. The van der Waals surface area contributed by atoms with Crippen LogP contribution in [0.1, 0.15) is 56.5 Å². The highest BCUT2D eigenvalue weighted by atomic mass is 35.5. The van der Waals surface area contributed by atoms with Crippen LogP contribution in [0.15, 0.2) is 42.4 Å². The van der Waals surface area contributed by atoms with Crippen LogP contribution in [0.3, 0.4) is 0 Å². The molecule has 0 radical (unpaired) electrons. The number of amides is 1. The molecular weight excluding hydrogens is 597 g/mol. The molecule has 2 aromatic heterocycles. The highest BCUT2D eigenvalue weighted by Gasteiger charge is 2.57. The van der Waals surface area contributed by atoms with Crippen LogP contribution in [-0.2, 0) is 9.53 Å². The summed E-state index contributed by atoms with van der Waals surface area (Å²) in [6.07, 6.45) is 4.85. The number of anilines is 2. The molecule has 0 spiro atoms. The number of halogens is 2.